The van der Waals surface area contributed by atoms with E-state index in [1.807, 2.05) is 0 Å². The second kappa shape index (κ2) is 16.3. The van der Waals surface area contributed by atoms with Crippen LogP contribution in [0.4, 0.5) is 0 Å². The predicted octanol–water partition coefficient (Wildman–Crippen LogP) is -4.44. The molecular weight excluding hydrogens is 488 g/mol. The molecule has 37 heavy (non-hydrogen) atoms. The maximum absolute atomic E-state index is 13.1. The number of hydrogen-bond acceptors (Lipinski definition) is 8. The zero-order chi connectivity index (χ0) is 27.8. The number of aromatic amines is 1. The maximum atomic E-state index is 13.1. The Morgan fingerprint density at radius 1 is 0.919 bits per heavy atom. The molecule has 0 fully saturated rings. The molecule has 206 valence electrons. The maximum Gasteiger partial charge on any atom is 0.322 e. The monoisotopic (exact) mass is 524 g/mol. The fourth-order valence-electron chi connectivity index (χ4n) is 3.09. The van der Waals surface area contributed by atoms with Crippen LogP contribution in [0.15, 0.2) is 22.5 Å². The zero-order valence-corrected chi connectivity index (χ0v) is 20.4. The fraction of sp³-hybridized carbons (Fsp3) is 0.550. The summed E-state index contributed by atoms with van der Waals surface area (Å²) < 4.78 is 0. The third kappa shape index (κ3) is 13.3. The number of nitrogens with two attached hydrogens (primary N) is 5. The third-order valence-electron chi connectivity index (χ3n) is 4.91. The van der Waals surface area contributed by atoms with Crippen molar-refractivity contribution in [3.63, 3.8) is 0 Å². The molecule has 1 aromatic rings. The van der Waals surface area contributed by atoms with Crippen LogP contribution in [0.3, 0.4) is 0 Å². The largest absolute Gasteiger partial charge is 0.480 e. The molecule has 17 heteroatoms. The molecule has 0 radical (unpaired) electrons. The number of carboxylic acids is 1. The fourth-order valence-corrected chi connectivity index (χ4v) is 3.09. The lowest BCUT2D eigenvalue weighted by molar-refractivity contribution is -0.138. The highest BCUT2D eigenvalue weighted by Gasteiger charge is 2.28. The number of carbonyl (C=O) groups excluding carboxylic acids is 3. The first-order valence-electron chi connectivity index (χ1n) is 11.4. The molecule has 1 aromatic heterocycles. The molecule has 3 atom stereocenters. The molecule has 0 aliphatic heterocycles. The Hall–Kier alpha value is -4.41. The van der Waals surface area contributed by atoms with Crippen LogP contribution in [-0.4, -0.2) is 88.4 Å². The van der Waals surface area contributed by atoms with Gasteiger partial charge in [0.2, 0.25) is 17.7 Å². The van der Waals surface area contributed by atoms with Crippen molar-refractivity contribution in [3.05, 3.63) is 18.2 Å². The molecular formula is C20H36N12O5. The molecule has 0 bridgehead atoms. The van der Waals surface area contributed by atoms with Crippen molar-refractivity contribution >= 4 is 35.6 Å². The van der Waals surface area contributed by atoms with Crippen LogP contribution in [0, 0.1) is 0 Å². The second-order valence-electron chi connectivity index (χ2n) is 8.02. The summed E-state index contributed by atoms with van der Waals surface area (Å²) in [4.78, 5) is 63.6. The van der Waals surface area contributed by atoms with E-state index in [0.717, 1.165) is 0 Å². The molecule has 0 aromatic carbocycles. The van der Waals surface area contributed by atoms with Crippen LogP contribution >= 0.6 is 0 Å². The van der Waals surface area contributed by atoms with Crippen molar-refractivity contribution in [2.24, 2.45) is 38.7 Å². The van der Waals surface area contributed by atoms with E-state index in [1.54, 1.807) is 0 Å². The molecule has 1 heterocycles. The average molecular weight is 525 g/mol. The first kappa shape index (κ1) is 30.6. The van der Waals surface area contributed by atoms with Crippen LogP contribution in [0.25, 0.3) is 0 Å². The second-order valence-corrected chi connectivity index (χ2v) is 8.02. The number of guanidine groups is 2. The van der Waals surface area contributed by atoms with E-state index in [1.165, 1.54) is 12.5 Å². The van der Waals surface area contributed by atoms with Gasteiger partial charge in [-0.3, -0.25) is 29.2 Å². The molecule has 0 saturated carbocycles. The van der Waals surface area contributed by atoms with Gasteiger partial charge in [0, 0.05) is 31.4 Å². The van der Waals surface area contributed by atoms with E-state index in [4.69, 9.17) is 33.8 Å². The van der Waals surface area contributed by atoms with E-state index < -0.39 is 48.4 Å². The lowest BCUT2D eigenvalue weighted by atomic mass is 10.1. The Morgan fingerprint density at radius 2 is 1.51 bits per heavy atom. The Morgan fingerprint density at radius 3 is 2.05 bits per heavy atom. The first-order valence-corrected chi connectivity index (χ1v) is 11.4. The summed E-state index contributed by atoms with van der Waals surface area (Å²) in [6.45, 7) is -0.166. The van der Waals surface area contributed by atoms with Gasteiger partial charge in [-0.1, -0.05) is 0 Å². The number of aliphatic carboxylic acids is 1. The lowest BCUT2D eigenvalue weighted by Gasteiger charge is -2.24. The van der Waals surface area contributed by atoms with E-state index in [0.29, 0.717) is 18.5 Å². The number of hydrogen-bond donors (Lipinski definition) is 10. The van der Waals surface area contributed by atoms with Gasteiger partial charge in [0.15, 0.2) is 11.9 Å². The number of carbonyl (C=O) groups is 4. The van der Waals surface area contributed by atoms with Gasteiger partial charge in [0.05, 0.1) is 12.4 Å². The quantitative estimate of drug-likeness (QED) is 0.0526. The van der Waals surface area contributed by atoms with Crippen molar-refractivity contribution in [3.8, 4) is 0 Å². The number of aliphatic imine (C=N–C) groups is 2. The number of imidazole rings is 1. The van der Waals surface area contributed by atoms with Gasteiger partial charge in [-0.15, -0.1) is 0 Å². The summed E-state index contributed by atoms with van der Waals surface area (Å²) in [5.41, 5.74) is 27.6. The molecule has 3 unspecified atom stereocenters. The molecule has 1 rings (SSSR count). The summed E-state index contributed by atoms with van der Waals surface area (Å²) in [6.07, 6.45) is 4.01. The molecule has 0 aliphatic carbocycles. The van der Waals surface area contributed by atoms with Gasteiger partial charge in [0.1, 0.15) is 18.6 Å². The third-order valence-corrected chi connectivity index (χ3v) is 4.91. The summed E-state index contributed by atoms with van der Waals surface area (Å²) >= 11 is 0. The summed E-state index contributed by atoms with van der Waals surface area (Å²) in [5, 5.41) is 16.2. The summed E-state index contributed by atoms with van der Waals surface area (Å²) in [5.74, 6) is -3.46. The molecule has 15 N–H and O–H groups in total. The molecule has 0 aliphatic rings. The van der Waals surface area contributed by atoms with Crippen LogP contribution in [0.5, 0.6) is 0 Å². The Balaban J connectivity index is 2.92. The number of aromatic nitrogens is 2. The van der Waals surface area contributed by atoms with Gasteiger partial charge in [-0.25, -0.2) is 4.98 Å². The van der Waals surface area contributed by atoms with Gasteiger partial charge in [0.25, 0.3) is 0 Å². The van der Waals surface area contributed by atoms with Crippen molar-refractivity contribution in [2.45, 2.75) is 50.2 Å². The minimum absolute atomic E-state index is 0.0236. The van der Waals surface area contributed by atoms with Crippen LogP contribution in [0.2, 0.25) is 0 Å². The van der Waals surface area contributed by atoms with Crippen molar-refractivity contribution in [2.75, 3.05) is 19.6 Å². The zero-order valence-electron chi connectivity index (χ0n) is 20.4. The normalized spacial score (nSPS) is 12.9. The van der Waals surface area contributed by atoms with E-state index >= 15 is 0 Å². The van der Waals surface area contributed by atoms with Gasteiger partial charge in [-0.2, -0.15) is 0 Å². The molecule has 0 saturated heterocycles. The van der Waals surface area contributed by atoms with Crippen molar-refractivity contribution in [1.82, 2.24) is 25.9 Å². The first-order chi connectivity index (χ1) is 17.5. The summed E-state index contributed by atoms with van der Waals surface area (Å²) in [6, 6.07) is -3.18. The number of carboxylic acid groups (broad SMARTS) is 1. The number of H-pyrrole nitrogens is 1. The molecule has 3 amide bonds. The topological polar surface area (TPSA) is 308 Å². The van der Waals surface area contributed by atoms with E-state index in [9.17, 15) is 19.2 Å². The summed E-state index contributed by atoms with van der Waals surface area (Å²) in [7, 11) is 0. The number of rotatable bonds is 17. The minimum Gasteiger partial charge on any atom is -0.480 e. The van der Waals surface area contributed by atoms with E-state index in [-0.39, 0.29) is 44.3 Å². The minimum atomic E-state index is -1.25. The van der Waals surface area contributed by atoms with Gasteiger partial charge in [-0.05, 0) is 25.7 Å². The number of nitrogens with zero attached hydrogens (tertiary/aromatic N) is 3. The molecule has 17 nitrogen and oxygen atoms in total. The highest BCUT2D eigenvalue weighted by molar-refractivity contribution is 5.93. The van der Waals surface area contributed by atoms with Crippen molar-refractivity contribution in [1.29, 1.82) is 0 Å². The number of amides is 3. The Labute approximate surface area is 213 Å². The average Bonchev–Trinajstić information content (AvgIpc) is 3.34. The lowest BCUT2D eigenvalue weighted by Crippen LogP contribution is -2.56. The molecule has 0 spiro atoms. The smallest absolute Gasteiger partial charge is 0.322 e. The van der Waals surface area contributed by atoms with Crippen LogP contribution in [-0.2, 0) is 25.6 Å². The Kier molecular flexibility index (Phi) is 13.5. The van der Waals surface area contributed by atoms with Gasteiger partial charge < -0.3 is 54.7 Å². The number of nitrogens with one attached hydrogen (secondary N) is 4. The standard InChI is InChI=1S/C20H36N12O5/c21-12(3-1-5-27-19(22)23)16(35)32-14(7-11-8-26-10-30-11)18(37)31-13(4-2-6-28-20(24)25)17(36)29-9-15(33)34/h8,10,12-14H,1-7,9,21H2,(H,26,30)(H,29,36)(H,31,37)(H,32,35)(H,33,34)(H4,22,23,27)(H4,24,25,28). The van der Waals surface area contributed by atoms with Crippen molar-refractivity contribution < 1.29 is 24.3 Å². The van der Waals surface area contributed by atoms with Crippen LogP contribution < -0.4 is 44.6 Å². The van der Waals surface area contributed by atoms with Crippen LogP contribution in [0.1, 0.15) is 31.4 Å². The highest BCUT2D eigenvalue weighted by atomic mass is 16.4. The SMILES string of the molecule is NC(N)=NCCCC(N)C(=O)NC(Cc1cnc[nH]1)C(=O)NC(CCCN=C(N)N)C(=O)NCC(=O)O. The van der Waals surface area contributed by atoms with Gasteiger partial charge >= 0.3 is 5.97 Å². The Bertz CT molecular complexity index is 942. The van der Waals surface area contributed by atoms with E-state index in [2.05, 4.69) is 35.9 Å². The predicted molar refractivity (Wildman–Crippen MR) is 135 cm³/mol. The highest BCUT2D eigenvalue weighted by Crippen LogP contribution is 2.05.